The van der Waals surface area contributed by atoms with E-state index < -0.39 is 5.92 Å². The van der Waals surface area contributed by atoms with Gasteiger partial charge in [0.15, 0.2) is 46.3 Å². The van der Waals surface area contributed by atoms with E-state index in [0.29, 0.717) is 40.0 Å². The summed E-state index contributed by atoms with van der Waals surface area (Å²) in [7, 11) is 0. The van der Waals surface area contributed by atoms with Gasteiger partial charge in [0.2, 0.25) is 0 Å². The molecule has 0 bridgehead atoms. The van der Waals surface area contributed by atoms with Crippen LogP contribution in [0.25, 0.3) is 12.2 Å². The van der Waals surface area contributed by atoms with Crippen LogP contribution in [-0.4, -0.2) is 51.4 Å². The van der Waals surface area contributed by atoms with Crippen molar-refractivity contribution in [1.82, 2.24) is 0 Å². The zero-order valence-corrected chi connectivity index (χ0v) is 87.1. The molecule has 132 heavy (non-hydrogen) atoms. The first-order chi connectivity index (χ1) is 64.0. The van der Waals surface area contributed by atoms with E-state index >= 15 is 0 Å². The highest BCUT2D eigenvalue weighted by molar-refractivity contribution is 6.26. The third-order valence-corrected chi connectivity index (χ3v) is 21.6. The van der Waals surface area contributed by atoms with Crippen molar-refractivity contribution in [2.75, 3.05) is 0 Å². The Labute approximate surface area is 801 Å². The third kappa shape index (κ3) is 38.5. The number of hydrogen-bond donors (Lipinski definition) is 1. The van der Waals surface area contributed by atoms with Crippen LogP contribution in [0.3, 0.4) is 0 Å². The van der Waals surface area contributed by atoms with Crippen molar-refractivity contribution < 1.29 is 43.5 Å². The molecule has 10 aromatic rings. The maximum absolute atomic E-state index is 11.8. The number of rotatable bonds is 1. The van der Waals surface area contributed by atoms with Gasteiger partial charge in [0, 0.05) is 68.7 Å². The molecule has 0 radical (unpaired) electrons. The Kier molecular flexibility index (Phi) is 66.4. The minimum atomic E-state index is -0.470. The summed E-state index contributed by atoms with van der Waals surface area (Å²) in [6.45, 7) is 65.4. The lowest BCUT2D eigenvalue weighted by Crippen LogP contribution is -2.19. The molecule has 714 valence electrons. The zero-order valence-electron chi connectivity index (χ0n) is 87.1. The summed E-state index contributed by atoms with van der Waals surface area (Å²) in [5.74, 6) is 2.69. The number of carbonyl (C=O) groups is 8. The van der Waals surface area contributed by atoms with E-state index in [0.717, 1.165) is 119 Å². The first-order valence-corrected chi connectivity index (χ1v) is 49.8. The molecule has 9 aliphatic rings. The number of carbonyl (C=O) groups excluding carboxylic acids is 8. The van der Waals surface area contributed by atoms with Crippen molar-refractivity contribution in [3.8, 4) is 0 Å². The molecule has 1 N–H and O–H groups in total. The Balaban J connectivity index is 0. The molecule has 0 heterocycles. The van der Waals surface area contributed by atoms with Gasteiger partial charge in [-0.05, 0) is 182 Å². The average Bonchev–Trinajstić information content (AvgIpc) is 1.55. The molecule has 0 saturated carbocycles. The normalized spacial score (nSPS) is 16.0. The fraction of sp³-hybridized carbons (Fsp3) is 0.398. The Morgan fingerprint density at radius 2 is 0.667 bits per heavy atom. The molecular formula is C123H168O9. The minimum Gasteiger partial charge on any atom is -0.388 e. The molecule has 0 aromatic heterocycles. The Morgan fingerprint density at radius 1 is 0.311 bits per heavy atom. The first kappa shape index (κ1) is 123. The van der Waals surface area contributed by atoms with E-state index in [-0.39, 0.29) is 52.8 Å². The van der Waals surface area contributed by atoms with Crippen molar-refractivity contribution in [3.63, 3.8) is 0 Å². The molecular weight excluding hydrogens is 1620 g/mol. The van der Waals surface area contributed by atoms with Gasteiger partial charge in [-0.2, -0.15) is 0 Å². The van der Waals surface area contributed by atoms with Crippen molar-refractivity contribution in [2.45, 2.75) is 291 Å². The number of Topliss-reactive ketones (excluding diaryl/α,β-unsaturated/α-hetero) is 8. The van der Waals surface area contributed by atoms with Gasteiger partial charge < -0.3 is 5.11 Å². The van der Waals surface area contributed by atoms with Gasteiger partial charge >= 0.3 is 0 Å². The van der Waals surface area contributed by atoms with E-state index in [2.05, 4.69) is 100 Å². The standard InChI is InChI=1S/C12H14O.C11H12O.C10H8O2.C10H12O.C10H10O.2C10H8O.C10H12.C10H10.C8H8O.11C2H6/c1-9-5-4-7-10-6-2-3-8-11(10)12(9)13;1-8-6-7-9-4-2-3-5-10(9)11(8)12;1-6-9(11)7-4-2-3-5-8(7)10(6)12;4*1-7-6-8-4-2-3-5-9(8)10(7)11;2*1-8-6-9-4-2-3-5-10(9)7-8;1-7(9)8-5-3-2-4-6-8;11*1-2/h2-3,6,8-9H,4-5,7H2,1H3;2-5,8H,6-7H2,1H3;2-6H,1H3;2-5,7,10-11H,6H2,1H3;2-5,7H,6H2,1H3;2-6H,1H3;2-5H,1,6H2;2-5,8H,6-7H2,1H3;2-6H,7H2,1H3;2-6H,1H3;11*1-2H3. The summed E-state index contributed by atoms with van der Waals surface area (Å²) in [6.07, 6.45) is 15.7. The second kappa shape index (κ2) is 71.4. The number of ketones is 8. The monoisotopic (exact) mass is 1790 g/mol. The van der Waals surface area contributed by atoms with Crippen LogP contribution in [0.4, 0.5) is 0 Å². The predicted molar refractivity (Wildman–Crippen MR) is 569 cm³/mol. The van der Waals surface area contributed by atoms with Crippen molar-refractivity contribution in [2.24, 2.45) is 35.5 Å². The summed E-state index contributed by atoms with van der Waals surface area (Å²) in [4.78, 5) is 90.9. The lowest BCUT2D eigenvalue weighted by atomic mass is 9.84. The Bertz CT molecular complexity index is 5010. The third-order valence-electron chi connectivity index (χ3n) is 21.6. The van der Waals surface area contributed by atoms with E-state index in [4.69, 9.17) is 0 Å². The first-order valence-electron chi connectivity index (χ1n) is 49.8. The molecule has 5 unspecified atom stereocenters. The summed E-state index contributed by atoms with van der Waals surface area (Å²) in [6, 6.07) is 80.8. The SMILES string of the molecule is C=C1Cc2ccccc2C1=O.CC.CC.CC.CC.CC.CC.CC.CC.CC.CC.CC.CC(=O)c1ccccc1.CC1=Cc2ccccc2C1.CC1=Cc2ccccc2C1=O.CC1C(=O)c2ccccc2C1=O.CC1CCCc2ccccc2C1=O.CC1CCc2ccccc2C1=O.CC1Cc2ccccc2C1.CC1Cc2ccccc2C1=O.CC1Cc2ccccc2C1O. The van der Waals surface area contributed by atoms with Gasteiger partial charge in [-0.1, -0.05) is 454 Å². The van der Waals surface area contributed by atoms with Crippen molar-refractivity contribution >= 4 is 58.4 Å². The summed E-state index contributed by atoms with van der Waals surface area (Å²) >= 11 is 0. The number of benzene rings is 10. The Hall–Kier alpha value is -11.3. The molecule has 0 aliphatic heterocycles. The summed E-state index contributed by atoms with van der Waals surface area (Å²) in [5, 5.41) is 9.65. The molecule has 0 fully saturated rings. The molecule has 0 spiro atoms. The quantitative estimate of drug-likeness (QED) is 0.0731. The van der Waals surface area contributed by atoms with Gasteiger partial charge in [-0.25, -0.2) is 0 Å². The number of aliphatic hydroxyl groups is 1. The molecule has 9 aliphatic carbocycles. The molecule has 9 heteroatoms. The van der Waals surface area contributed by atoms with E-state index in [9.17, 15) is 43.5 Å². The topological polar surface area (TPSA) is 157 Å². The molecule has 5 atom stereocenters. The van der Waals surface area contributed by atoms with E-state index in [1.54, 1.807) is 49.2 Å². The van der Waals surface area contributed by atoms with Crippen LogP contribution in [0.1, 0.15) is 384 Å². The fourth-order valence-electron chi connectivity index (χ4n) is 15.3. The average molecular weight is 1790 g/mol. The van der Waals surface area contributed by atoms with Crippen LogP contribution in [-0.2, 0) is 51.4 Å². The summed E-state index contributed by atoms with van der Waals surface area (Å²) in [5.41, 5.74) is 23.7. The van der Waals surface area contributed by atoms with Gasteiger partial charge in [-0.3, -0.25) is 38.4 Å². The number of hydrogen-bond acceptors (Lipinski definition) is 9. The zero-order chi connectivity index (χ0) is 101. The number of allylic oxidation sites excluding steroid dienone is 3. The number of aliphatic hydroxyl groups excluding tert-OH is 1. The second-order valence-electron chi connectivity index (χ2n) is 30.3. The maximum atomic E-state index is 11.8. The molecule has 0 amide bonds. The molecule has 9 nitrogen and oxygen atoms in total. The largest absolute Gasteiger partial charge is 0.388 e. The highest BCUT2D eigenvalue weighted by Gasteiger charge is 2.35. The van der Waals surface area contributed by atoms with Crippen LogP contribution >= 0.6 is 0 Å². The van der Waals surface area contributed by atoms with E-state index in [1.807, 2.05) is 344 Å². The smallest absolute Gasteiger partial charge is 0.189 e. The number of aryl methyl sites for hydroxylation is 2. The summed E-state index contributed by atoms with van der Waals surface area (Å²) < 4.78 is 0. The highest BCUT2D eigenvalue weighted by Crippen LogP contribution is 2.36. The van der Waals surface area contributed by atoms with Crippen molar-refractivity contribution in [3.05, 3.63) is 378 Å². The molecule has 10 aromatic carbocycles. The van der Waals surface area contributed by atoms with Crippen LogP contribution in [0, 0.1) is 35.5 Å². The molecule has 19 rings (SSSR count). The molecule has 0 saturated heterocycles. The lowest BCUT2D eigenvalue weighted by molar-refractivity contribution is 0.0847. The number of fused-ring (bicyclic) bond motifs is 9. The van der Waals surface area contributed by atoms with Crippen LogP contribution < -0.4 is 0 Å². The van der Waals surface area contributed by atoms with E-state index in [1.165, 1.54) is 51.8 Å². The maximum Gasteiger partial charge on any atom is 0.189 e. The van der Waals surface area contributed by atoms with Gasteiger partial charge in [-0.15, -0.1) is 0 Å². The van der Waals surface area contributed by atoms with Crippen LogP contribution in [0.15, 0.2) is 272 Å². The second-order valence-corrected chi connectivity index (χ2v) is 30.3. The van der Waals surface area contributed by atoms with Gasteiger partial charge in [0.05, 0.1) is 12.0 Å². The Morgan fingerprint density at radius 3 is 1.10 bits per heavy atom. The van der Waals surface area contributed by atoms with Gasteiger partial charge in [0.1, 0.15) is 0 Å². The van der Waals surface area contributed by atoms with Crippen molar-refractivity contribution in [1.29, 1.82) is 0 Å². The van der Waals surface area contributed by atoms with Crippen LogP contribution in [0.5, 0.6) is 0 Å². The lowest BCUT2D eigenvalue weighted by Gasteiger charge is -2.19. The predicted octanol–water partition coefficient (Wildman–Crippen LogP) is 33.5. The highest BCUT2D eigenvalue weighted by atomic mass is 16.3. The van der Waals surface area contributed by atoms with Gasteiger partial charge in [0.25, 0.3) is 0 Å². The van der Waals surface area contributed by atoms with Crippen LogP contribution in [0.2, 0.25) is 0 Å². The fourth-order valence-corrected chi connectivity index (χ4v) is 15.3. The minimum absolute atomic E-state index is 0.0457.